The van der Waals surface area contributed by atoms with Crippen LogP contribution in [0.2, 0.25) is 0 Å². The molecular formula is C18H16FN3O2S. The first-order valence-corrected chi connectivity index (χ1v) is 8.35. The first-order chi connectivity index (χ1) is 12.0. The van der Waals surface area contributed by atoms with Gasteiger partial charge < -0.3 is 10.2 Å². The van der Waals surface area contributed by atoms with Crippen molar-refractivity contribution < 1.29 is 14.6 Å². The van der Waals surface area contributed by atoms with E-state index in [4.69, 9.17) is 0 Å². The summed E-state index contributed by atoms with van der Waals surface area (Å²) in [5, 5.41) is 25.7. The van der Waals surface area contributed by atoms with Crippen molar-refractivity contribution in [2.75, 3.05) is 7.05 Å². The van der Waals surface area contributed by atoms with Crippen LogP contribution >= 0.6 is 11.3 Å². The number of thiazole rings is 1. The summed E-state index contributed by atoms with van der Waals surface area (Å²) in [4.78, 5) is 4.77. The van der Waals surface area contributed by atoms with Gasteiger partial charge in [-0.1, -0.05) is 12.1 Å². The molecule has 3 rings (SSSR count). The Labute approximate surface area is 147 Å². The van der Waals surface area contributed by atoms with Crippen LogP contribution in [0.25, 0.3) is 11.3 Å². The standard InChI is InChI=1S/C18H16FN3O2S/c1-11(13-8-7-12(23)9-17(13)24)21-22-16(10-25-18(22)20-2)14-5-3-4-6-15(14)19/h3-10,23-24H,1-2H3. The summed E-state index contributed by atoms with van der Waals surface area (Å²) in [5.41, 5.74) is 1.96. The molecule has 0 spiro atoms. The molecule has 0 amide bonds. The van der Waals surface area contributed by atoms with E-state index in [9.17, 15) is 14.6 Å². The smallest absolute Gasteiger partial charge is 0.205 e. The molecule has 0 atom stereocenters. The number of nitrogens with zero attached hydrogens (tertiary/aromatic N) is 3. The third-order valence-electron chi connectivity index (χ3n) is 3.65. The van der Waals surface area contributed by atoms with Crippen molar-refractivity contribution in [1.29, 1.82) is 0 Å². The molecule has 7 heteroatoms. The van der Waals surface area contributed by atoms with Crippen molar-refractivity contribution in [3.63, 3.8) is 0 Å². The zero-order valence-electron chi connectivity index (χ0n) is 13.6. The molecule has 2 aromatic carbocycles. The highest BCUT2D eigenvalue weighted by Gasteiger charge is 2.13. The fraction of sp³-hybridized carbons (Fsp3) is 0.111. The molecule has 1 heterocycles. The van der Waals surface area contributed by atoms with Crippen LogP contribution in [0.5, 0.6) is 11.5 Å². The van der Waals surface area contributed by atoms with Crippen LogP contribution < -0.4 is 4.80 Å². The molecule has 5 nitrogen and oxygen atoms in total. The molecule has 0 aliphatic carbocycles. The molecule has 0 fully saturated rings. The number of phenolic OH excluding ortho intramolecular Hbond substituents is 2. The summed E-state index contributed by atoms with van der Waals surface area (Å²) in [6.45, 7) is 1.72. The SMILES string of the molecule is CN=c1scc(-c2ccccc2F)n1N=C(C)c1ccc(O)cc1O. The number of hydrogen-bond donors (Lipinski definition) is 2. The van der Waals surface area contributed by atoms with Crippen molar-refractivity contribution in [3.05, 3.63) is 64.0 Å². The van der Waals surface area contributed by atoms with Gasteiger partial charge in [-0.2, -0.15) is 5.10 Å². The fourth-order valence-electron chi connectivity index (χ4n) is 2.43. The van der Waals surface area contributed by atoms with Crippen LogP contribution in [0.4, 0.5) is 4.39 Å². The molecule has 0 unspecified atom stereocenters. The van der Waals surface area contributed by atoms with Crippen LogP contribution in [0.15, 0.2) is 57.9 Å². The summed E-state index contributed by atoms with van der Waals surface area (Å²) in [5.74, 6) is -0.468. The van der Waals surface area contributed by atoms with Crippen LogP contribution in [-0.2, 0) is 0 Å². The molecule has 25 heavy (non-hydrogen) atoms. The molecule has 128 valence electrons. The number of aromatic nitrogens is 1. The number of rotatable bonds is 3. The first kappa shape index (κ1) is 16.9. The number of phenols is 2. The van der Waals surface area contributed by atoms with Crippen molar-refractivity contribution in [2.24, 2.45) is 10.1 Å². The average Bonchev–Trinajstić information content (AvgIpc) is 2.97. The van der Waals surface area contributed by atoms with E-state index >= 15 is 0 Å². The lowest BCUT2D eigenvalue weighted by Crippen LogP contribution is -2.14. The third kappa shape index (κ3) is 3.32. The number of benzene rings is 2. The van der Waals surface area contributed by atoms with Gasteiger partial charge in [0.1, 0.15) is 17.3 Å². The van der Waals surface area contributed by atoms with Crippen LogP contribution in [-0.4, -0.2) is 27.6 Å². The Balaban J connectivity index is 2.17. The van der Waals surface area contributed by atoms with Crippen LogP contribution in [0.3, 0.4) is 0 Å². The maximum Gasteiger partial charge on any atom is 0.205 e. The quantitative estimate of drug-likeness (QED) is 0.704. The minimum atomic E-state index is -0.350. The van der Waals surface area contributed by atoms with Gasteiger partial charge in [0.2, 0.25) is 4.80 Å². The minimum Gasteiger partial charge on any atom is -0.508 e. The van der Waals surface area contributed by atoms with Crippen molar-refractivity contribution in [3.8, 4) is 22.8 Å². The second-order valence-electron chi connectivity index (χ2n) is 5.31. The molecule has 2 N–H and O–H groups in total. The predicted molar refractivity (Wildman–Crippen MR) is 96.6 cm³/mol. The molecule has 0 saturated carbocycles. The highest BCUT2D eigenvalue weighted by molar-refractivity contribution is 7.07. The molecule has 0 radical (unpaired) electrons. The van der Waals surface area contributed by atoms with Crippen LogP contribution in [0.1, 0.15) is 12.5 Å². The zero-order chi connectivity index (χ0) is 18.0. The Kier molecular flexibility index (Phi) is 4.67. The van der Waals surface area contributed by atoms with Gasteiger partial charge in [-0.25, -0.2) is 9.07 Å². The second kappa shape index (κ2) is 6.90. The fourth-order valence-corrected chi connectivity index (χ4v) is 3.22. The van der Waals surface area contributed by atoms with Crippen molar-refractivity contribution in [2.45, 2.75) is 6.92 Å². The molecule has 0 aliphatic rings. The summed E-state index contributed by atoms with van der Waals surface area (Å²) >= 11 is 1.34. The Bertz CT molecular complexity index is 1020. The Morgan fingerprint density at radius 3 is 2.60 bits per heavy atom. The number of aromatic hydroxyl groups is 2. The van der Waals surface area contributed by atoms with Gasteiger partial charge in [0.25, 0.3) is 0 Å². The van der Waals surface area contributed by atoms with E-state index in [0.717, 1.165) is 0 Å². The summed E-state index contributed by atoms with van der Waals surface area (Å²) < 4.78 is 15.7. The van der Waals surface area contributed by atoms with Gasteiger partial charge in [-0.3, -0.25) is 4.99 Å². The lowest BCUT2D eigenvalue weighted by molar-refractivity contribution is 0.450. The molecule has 3 aromatic rings. The monoisotopic (exact) mass is 357 g/mol. The number of halogens is 1. The lowest BCUT2D eigenvalue weighted by Gasteiger charge is -2.08. The Morgan fingerprint density at radius 1 is 1.16 bits per heavy atom. The van der Waals surface area contributed by atoms with Gasteiger partial charge in [0.15, 0.2) is 0 Å². The molecular weight excluding hydrogens is 341 g/mol. The first-order valence-electron chi connectivity index (χ1n) is 7.47. The minimum absolute atomic E-state index is 0.0338. The molecule has 1 aromatic heterocycles. The topological polar surface area (TPSA) is 70.1 Å². The van der Waals surface area contributed by atoms with E-state index in [1.165, 1.54) is 29.5 Å². The highest BCUT2D eigenvalue weighted by atomic mass is 32.1. The third-order valence-corrected chi connectivity index (χ3v) is 4.55. The van der Waals surface area contributed by atoms with Gasteiger partial charge in [0.05, 0.1) is 11.4 Å². The zero-order valence-corrected chi connectivity index (χ0v) is 14.5. The maximum atomic E-state index is 14.2. The van der Waals surface area contributed by atoms with E-state index in [0.29, 0.717) is 27.3 Å². The Morgan fingerprint density at radius 2 is 1.92 bits per heavy atom. The maximum absolute atomic E-state index is 14.2. The average molecular weight is 357 g/mol. The van der Waals surface area contributed by atoms with Gasteiger partial charge >= 0.3 is 0 Å². The highest BCUT2D eigenvalue weighted by Crippen LogP contribution is 2.25. The summed E-state index contributed by atoms with van der Waals surface area (Å²) in [6.07, 6.45) is 0. The Hall–Kier alpha value is -2.93. The number of hydrogen-bond acceptors (Lipinski definition) is 5. The normalized spacial score (nSPS) is 12.6. The van der Waals surface area contributed by atoms with E-state index in [1.54, 1.807) is 48.3 Å². The summed E-state index contributed by atoms with van der Waals surface area (Å²) in [6, 6.07) is 10.7. The van der Waals surface area contributed by atoms with E-state index in [1.807, 2.05) is 0 Å². The predicted octanol–water partition coefficient (Wildman–Crippen LogP) is 3.57. The van der Waals surface area contributed by atoms with Crippen LogP contribution in [0, 0.1) is 5.82 Å². The van der Waals surface area contributed by atoms with Gasteiger partial charge in [-0.15, -0.1) is 11.3 Å². The van der Waals surface area contributed by atoms with Crippen molar-refractivity contribution >= 4 is 17.0 Å². The second-order valence-corrected chi connectivity index (χ2v) is 6.14. The molecule has 0 aliphatic heterocycles. The molecule has 0 bridgehead atoms. The largest absolute Gasteiger partial charge is 0.508 e. The van der Waals surface area contributed by atoms with E-state index in [-0.39, 0.29) is 17.3 Å². The lowest BCUT2D eigenvalue weighted by atomic mass is 10.1. The van der Waals surface area contributed by atoms with Crippen molar-refractivity contribution in [1.82, 2.24) is 4.68 Å². The van der Waals surface area contributed by atoms with E-state index < -0.39 is 0 Å². The summed E-state index contributed by atoms with van der Waals surface area (Å²) in [7, 11) is 1.64. The molecule has 0 saturated heterocycles. The van der Waals surface area contributed by atoms with Gasteiger partial charge in [-0.05, 0) is 31.2 Å². The van der Waals surface area contributed by atoms with Gasteiger partial charge in [0, 0.05) is 29.6 Å². The van der Waals surface area contributed by atoms with E-state index in [2.05, 4.69) is 10.1 Å².